The Kier molecular flexibility index (Phi) is 7.38. The predicted molar refractivity (Wildman–Crippen MR) is 117 cm³/mol. The predicted octanol–water partition coefficient (Wildman–Crippen LogP) is 1.79. The van der Waals surface area contributed by atoms with Crippen molar-refractivity contribution in [1.82, 2.24) is 20.3 Å². The summed E-state index contributed by atoms with van der Waals surface area (Å²) in [6.45, 7) is 1.34. The van der Waals surface area contributed by atoms with E-state index in [4.69, 9.17) is 4.74 Å². The Morgan fingerprint density at radius 3 is 2.29 bits per heavy atom. The third-order valence-corrected chi connectivity index (χ3v) is 5.23. The van der Waals surface area contributed by atoms with Crippen LogP contribution in [0.15, 0.2) is 54.7 Å². The molecular formula is C23H28N4O4. The summed E-state index contributed by atoms with van der Waals surface area (Å²) in [6, 6.07) is 15.7. The number of amides is 1. The van der Waals surface area contributed by atoms with Crippen molar-refractivity contribution >= 4 is 5.91 Å². The molecule has 1 amide bonds. The van der Waals surface area contributed by atoms with E-state index in [0.717, 1.165) is 28.1 Å². The van der Waals surface area contributed by atoms with Crippen molar-refractivity contribution in [1.29, 1.82) is 0 Å². The number of carbonyl (C=O) groups is 1. The van der Waals surface area contributed by atoms with Crippen LogP contribution in [0, 0.1) is 0 Å². The zero-order valence-electron chi connectivity index (χ0n) is 17.8. The van der Waals surface area contributed by atoms with Gasteiger partial charge in [-0.1, -0.05) is 41.6 Å². The van der Waals surface area contributed by atoms with Crippen molar-refractivity contribution in [3.63, 3.8) is 0 Å². The summed E-state index contributed by atoms with van der Waals surface area (Å²) in [5.74, 6) is 0.534. The Labute approximate surface area is 181 Å². The van der Waals surface area contributed by atoms with Crippen LogP contribution in [0.4, 0.5) is 0 Å². The molecule has 3 N–H and O–H groups in total. The van der Waals surface area contributed by atoms with Gasteiger partial charge in [0.15, 0.2) is 0 Å². The first kappa shape index (κ1) is 22.5. The van der Waals surface area contributed by atoms with Gasteiger partial charge in [-0.05, 0) is 36.1 Å². The molecule has 0 saturated carbocycles. The highest BCUT2D eigenvalue weighted by Crippen LogP contribution is 2.20. The highest BCUT2D eigenvalue weighted by atomic mass is 16.5. The third kappa shape index (κ3) is 5.90. The van der Waals surface area contributed by atoms with Gasteiger partial charge >= 0.3 is 0 Å². The molecule has 31 heavy (non-hydrogen) atoms. The minimum Gasteiger partial charge on any atom is -0.497 e. The van der Waals surface area contributed by atoms with Gasteiger partial charge in [-0.15, -0.1) is 5.10 Å². The van der Waals surface area contributed by atoms with Crippen molar-refractivity contribution in [3.05, 3.63) is 65.9 Å². The van der Waals surface area contributed by atoms with Gasteiger partial charge in [0.05, 0.1) is 38.6 Å². The summed E-state index contributed by atoms with van der Waals surface area (Å²) in [5.41, 5.74) is 2.84. The van der Waals surface area contributed by atoms with Crippen LogP contribution in [0.1, 0.15) is 24.5 Å². The van der Waals surface area contributed by atoms with E-state index >= 15 is 0 Å². The number of aliphatic hydroxyl groups is 2. The van der Waals surface area contributed by atoms with Gasteiger partial charge in [0.1, 0.15) is 11.4 Å². The molecule has 3 aromatic rings. The van der Waals surface area contributed by atoms with E-state index < -0.39 is 5.54 Å². The molecule has 0 radical (unpaired) electrons. The summed E-state index contributed by atoms with van der Waals surface area (Å²) >= 11 is 0. The fourth-order valence-electron chi connectivity index (χ4n) is 3.37. The minimum atomic E-state index is -1.02. The van der Waals surface area contributed by atoms with Gasteiger partial charge in [-0.25, -0.2) is 4.68 Å². The quantitative estimate of drug-likeness (QED) is 0.458. The number of benzene rings is 2. The number of aromatic nitrogens is 3. The van der Waals surface area contributed by atoms with Gasteiger partial charge < -0.3 is 20.3 Å². The number of hydrogen-bond acceptors (Lipinski definition) is 6. The lowest BCUT2D eigenvalue weighted by atomic mass is 9.92. The summed E-state index contributed by atoms with van der Waals surface area (Å²) < 4.78 is 6.97. The second-order valence-corrected chi connectivity index (χ2v) is 7.62. The average Bonchev–Trinajstić information content (AvgIpc) is 3.26. The van der Waals surface area contributed by atoms with E-state index in [1.165, 1.54) is 6.92 Å². The standard InChI is InChI=1S/C23H28N4O4/c1-17(30)24-23(15-28,16-29)12-11-18-3-7-20(8-4-18)22-14-27(26-25-22)13-19-5-9-21(31-2)10-6-19/h3-10,14,28-29H,11-13,15-16H2,1-2H3,(H,24,30). The number of carbonyl (C=O) groups excluding carboxylic acids is 1. The van der Waals surface area contributed by atoms with Crippen LogP contribution in [0.2, 0.25) is 0 Å². The van der Waals surface area contributed by atoms with Crippen molar-refractivity contribution in [2.45, 2.75) is 31.8 Å². The first-order valence-corrected chi connectivity index (χ1v) is 10.1. The zero-order chi connectivity index (χ0) is 22.3. The Morgan fingerprint density at radius 2 is 1.71 bits per heavy atom. The molecule has 0 atom stereocenters. The van der Waals surface area contributed by atoms with Gasteiger partial charge in [0.2, 0.25) is 5.91 Å². The first-order valence-electron chi connectivity index (χ1n) is 10.1. The van der Waals surface area contributed by atoms with Crippen LogP contribution in [0.5, 0.6) is 5.75 Å². The SMILES string of the molecule is COc1ccc(Cn2cc(-c3ccc(CCC(CO)(CO)NC(C)=O)cc3)nn2)cc1. The topological polar surface area (TPSA) is 110 Å². The molecule has 0 spiro atoms. The van der Waals surface area contributed by atoms with E-state index in [9.17, 15) is 15.0 Å². The van der Waals surface area contributed by atoms with Gasteiger partial charge in [-0.3, -0.25) is 4.79 Å². The largest absolute Gasteiger partial charge is 0.497 e. The molecule has 8 nitrogen and oxygen atoms in total. The van der Waals surface area contributed by atoms with E-state index in [0.29, 0.717) is 19.4 Å². The number of rotatable bonds is 10. The van der Waals surface area contributed by atoms with Crippen molar-refractivity contribution in [3.8, 4) is 17.0 Å². The number of hydrogen-bond donors (Lipinski definition) is 3. The van der Waals surface area contributed by atoms with Crippen LogP contribution in [0.25, 0.3) is 11.3 Å². The molecule has 0 aliphatic heterocycles. The molecule has 1 heterocycles. The second-order valence-electron chi connectivity index (χ2n) is 7.62. The van der Waals surface area contributed by atoms with Crippen molar-refractivity contribution in [2.24, 2.45) is 0 Å². The lowest BCUT2D eigenvalue weighted by molar-refractivity contribution is -0.122. The molecule has 0 fully saturated rings. The fourth-order valence-corrected chi connectivity index (χ4v) is 3.37. The van der Waals surface area contributed by atoms with E-state index in [-0.39, 0.29) is 19.1 Å². The molecule has 0 saturated heterocycles. The molecule has 0 bridgehead atoms. The minimum absolute atomic E-state index is 0.281. The van der Waals surface area contributed by atoms with Crippen LogP contribution >= 0.6 is 0 Å². The molecule has 164 valence electrons. The Balaban J connectivity index is 1.63. The van der Waals surface area contributed by atoms with Gasteiger partial charge in [0.25, 0.3) is 0 Å². The highest BCUT2D eigenvalue weighted by molar-refractivity contribution is 5.73. The lowest BCUT2D eigenvalue weighted by Gasteiger charge is -2.30. The molecule has 0 aliphatic carbocycles. The molecule has 8 heteroatoms. The summed E-state index contributed by atoms with van der Waals surface area (Å²) in [6.07, 6.45) is 2.93. The summed E-state index contributed by atoms with van der Waals surface area (Å²) in [7, 11) is 1.64. The van der Waals surface area contributed by atoms with Gasteiger partial charge in [0, 0.05) is 12.5 Å². The maximum atomic E-state index is 11.4. The summed E-state index contributed by atoms with van der Waals surface area (Å²) in [4.78, 5) is 11.4. The number of nitrogens with zero attached hydrogens (tertiary/aromatic N) is 3. The van der Waals surface area contributed by atoms with E-state index in [1.54, 1.807) is 11.8 Å². The average molecular weight is 425 g/mol. The molecule has 1 aromatic heterocycles. The van der Waals surface area contributed by atoms with E-state index in [2.05, 4.69) is 15.6 Å². The fraction of sp³-hybridized carbons (Fsp3) is 0.348. The highest BCUT2D eigenvalue weighted by Gasteiger charge is 2.29. The normalized spacial score (nSPS) is 11.4. The van der Waals surface area contributed by atoms with Crippen LogP contribution in [-0.2, 0) is 17.8 Å². The van der Waals surface area contributed by atoms with Crippen molar-refractivity contribution < 1.29 is 19.7 Å². The number of ether oxygens (including phenoxy) is 1. The summed E-state index contributed by atoms with van der Waals surface area (Å²) in [5, 5.41) is 30.4. The van der Waals surface area contributed by atoms with Crippen LogP contribution in [0.3, 0.4) is 0 Å². The molecule has 2 aromatic carbocycles. The van der Waals surface area contributed by atoms with Crippen molar-refractivity contribution in [2.75, 3.05) is 20.3 Å². The zero-order valence-corrected chi connectivity index (χ0v) is 17.8. The molecular weight excluding hydrogens is 396 g/mol. The smallest absolute Gasteiger partial charge is 0.217 e. The molecule has 0 unspecified atom stereocenters. The number of methoxy groups -OCH3 is 1. The maximum Gasteiger partial charge on any atom is 0.217 e. The lowest BCUT2D eigenvalue weighted by Crippen LogP contribution is -2.53. The van der Waals surface area contributed by atoms with Crippen LogP contribution < -0.4 is 10.1 Å². The van der Waals surface area contributed by atoms with E-state index in [1.807, 2.05) is 54.7 Å². The molecule has 3 rings (SSSR count). The Hall–Kier alpha value is -3.23. The Morgan fingerprint density at radius 1 is 1.06 bits per heavy atom. The maximum absolute atomic E-state index is 11.4. The van der Waals surface area contributed by atoms with Gasteiger partial charge in [-0.2, -0.15) is 0 Å². The van der Waals surface area contributed by atoms with Crippen LogP contribution in [-0.4, -0.2) is 57.0 Å². The number of nitrogens with one attached hydrogen (secondary N) is 1. The number of aryl methyl sites for hydroxylation is 1. The monoisotopic (exact) mass is 424 g/mol. The second kappa shape index (κ2) is 10.2. The molecule has 0 aliphatic rings. The third-order valence-electron chi connectivity index (χ3n) is 5.23. The number of aliphatic hydroxyl groups excluding tert-OH is 2. The first-order chi connectivity index (χ1) is 15.0. The Bertz CT molecular complexity index is 980.